The highest BCUT2D eigenvalue weighted by atomic mass is 32.2. The molecule has 1 aliphatic heterocycles. The summed E-state index contributed by atoms with van der Waals surface area (Å²) in [6.45, 7) is 0.641. The minimum Gasteiger partial charge on any atom is -0.497 e. The van der Waals surface area contributed by atoms with Gasteiger partial charge in [-0.25, -0.2) is 13.4 Å². The van der Waals surface area contributed by atoms with Crippen molar-refractivity contribution in [3.05, 3.63) is 42.4 Å². The van der Waals surface area contributed by atoms with E-state index in [0.717, 1.165) is 0 Å². The van der Waals surface area contributed by atoms with E-state index in [2.05, 4.69) is 9.97 Å². The number of anilines is 1. The molecule has 0 saturated carbocycles. The van der Waals surface area contributed by atoms with Crippen LogP contribution in [0.25, 0.3) is 0 Å². The quantitative estimate of drug-likeness (QED) is 0.870. The van der Waals surface area contributed by atoms with Gasteiger partial charge in [0.05, 0.1) is 18.6 Å². The number of ether oxygens (including phenoxy) is 2. The van der Waals surface area contributed by atoms with Gasteiger partial charge in [-0.05, 0) is 12.1 Å². The zero-order valence-electron chi connectivity index (χ0n) is 13.1. The van der Waals surface area contributed by atoms with Gasteiger partial charge in [0.2, 0.25) is 10.0 Å². The summed E-state index contributed by atoms with van der Waals surface area (Å²) < 4.78 is 37.8. The SMILES string of the molecule is COc1cccc(S(=O)(=O)N2CCO[C@@H](c3nccnc3N)C2)c1. The summed E-state index contributed by atoms with van der Waals surface area (Å²) in [6.07, 6.45) is 2.43. The normalized spacial score (nSPS) is 19.1. The van der Waals surface area contributed by atoms with E-state index in [0.29, 0.717) is 11.4 Å². The summed E-state index contributed by atoms with van der Waals surface area (Å²) in [7, 11) is -2.17. The Morgan fingerprint density at radius 3 is 2.88 bits per heavy atom. The summed E-state index contributed by atoms with van der Waals surface area (Å²) in [4.78, 5) is 8.31. The summed E-state index contributed by atoms with van der Waals surface area (Å²) in [5.41, 5.74) is 6.26. The standard InChI is InChI=1S/C15H18N4O4S/c1-22-11-3-2-4-12(9-11)24(20,21)19-7-8-23-13(10-19)14-15(16)18-6-5-17-14/h2-6,9,13H,7-8,10H2,1H3,(H2,16,18)/t13-/m1/s1. The molecule has 1 aromatic carbocycles. The molecular formula is C15H18N4O4S. The fourth-order valence-corrected chi connectivity index (χ4v) is 3.99. The van der Waals surface area contributed by atoms with Crippen LogP contribution in [0, 0.1) is 0 Å². The second-order valence-electron chi connectivity index (χ2n) is 5.23. The van der Waals surface area contributed by atoms with Gasteiger partial charge in [0.25, 0.3) is 0 Å². The number of nitrogens with zero attached hydrogens (tertiary/aromatic N) is 3. The molecule has 0 aliphatic carbocycles. The van der Waals surface area contributed by atoms with Crippen LogP contribution in [-0.4, -0.2) is 49.5 Å². The van der Waals surface area contributed by atoms with Gasteiger partial charge in [0.15, 0.2) is 0 Å². The van der Waals surface area contributed by atoms with Crippen molar-refractivity contribution >= 4 is 15.8 Å². The molecule has 1 fully saturated rings. The minimum absolute atomic E-state index is 0.127. The highest BCUT2D eigenvalue weighted by Crippen LogP contribution is 2.28. The number of nitrogen functional groups attached to an aromatic ring is 1. The van der Waals surface area contributed by atoms with Gasteiger partial charge >= 0.3 is 0 Å². The smallest absolute Gasteiger partial charge is 0.243 e. The Morgan fingerprint density at radius 2 is 2.12 bits per heavy atom. The summed E-state index contributed by atoms with van der Waals surface area (Å²) >= 11 is 0. The molecule has 3 rings (SSSR count). The lowest BCUT2D eigenvalue weighted by molar-refractivity contribution is -0.00465. The first-order chi connectivity index (χ1) is 11.5. The van der Waals surface area contributed by atoms with E-state index in [1.54, 1.807) is 18.2 Å². The molecule has 2 N–H and O–H groups in total. The van der Waals surface area contributed by atoms with E-state index in [1.807, 2.05) is 0 Å². The first kappa shape index (κ1) is 16.6. The first-order valence-electron chi connectivity index (χ1n) is 7.34. The highest BCUT2D eigenvalue weighted by molar-refractivity contribution is 7.89. The van der Waals surface area contributed by atoms with Gasteiger partial charge < -0.3 is 15.2 Å². The summed E-state index contributed by atoms with van der Waals surface area (Å²) in [5.74, 6) is 0.724. The predicted molar refractivity (Wildman–Crippen MR) is 86.9 cm³/mol. The summed E-state index contributed by atoms with van der Waals surface area (Å²) in [5, 5.41) is 0. The number of aromatic nitrogens is 2. The monoisotopic (exact) mass is 350 g/mol. The molecule has 8 nitrogen and oxygen atoms in total. The fourth-order valence-electron chi connectivity index (χ4n) is 2.53. The van der Waals surface area contributed by atoms with E-state index >= 15 is 0 Å². The zero-order valence-corrected chi connectivity index (χ0v) is 13.9. The van der Waals surface area contributed by atoms with Gasteiger partial charge in [-0.1, -0.05) is 6.07 Å². The molecule has 1 atom stereocenters. The van der Waals surface area contributed by atoms with Crippen LogP contribution >= 0.6 is 0 Å². The maximum atomic E-state index is 12.9. The van der Waals surface area contributed by atoms with Crippen molar-refractivity contribution in [3.63, 3.8) is 0 Å². The molecule has 0 radical (unpaired) electrons. The van der Waals surface area contributed by atoms with Crippen LogP contribution in [-0.2, 0) is 14.8 Å². The molecule has 0 amide bonds. The molecule has 1 aromatic heterocycles. The van der Waals surface area contributed by atoms with Crippen molar-refractivity contribution in [2.75, 3.05) is 32.5 Å². The predicted octanol–water partition coefficient (Wildman–Crippen LogP) is 0.830. The Balaban J connectivity index is 1.87. The van der Waals surface area contributed by atoms with Crippen molar-refractivity contribution in [1.82, 2.24) is 14.3 Å². The van der Waals surface area contributed by atoms with Gasteiger partial charge in [-0.15, -0.1) is 0 Å². The average Bonchev–Trinajstić information content (AvgIpc) is 2.62. The van der Waals surface area contributed by atoms with E-state index < -0.39 is 16.1 Å². The molecule has 24 heavy (non-hydrogen) atoms. The van der Waals surface area contributed by atoms with Crippen molar-refractivity contribution in [2.24, 2.45) is 0 Å². The lowest BCUT2D eigenvalue weighted by atomic mass is 10.2. The van der Waals surface area contributed by atoms with Crippen LogP contribution in [0.1, 0.15) is 11.8 Å². The second kappa shape index (κ2) is 6.71. The van der Waals surface area contributed by atoms with Crippen LogP contribution in [0.4, 0.5) is 5.82 Å². The Hall–Kier alpha value is -2.23. The molecule has 0 bridgehead atoms. The van der Waals surface area contributed by atoms with E-state index in [1.165, 1.54) is 29.9 Å². The Labute approximate surface area is 140 Å². The third-order valence-corrected chi connectivity index (χ3v) is 5.63. The third-order valence-electron chi connectivity index (χ3n) is 3.77. The zero-order chi connectivity index (χ0) is 17.2. The molecular weight excluding hydrogens is 332 g/mol. The lowest BCUT2D eigenvalue weighted by Gasteiger charge is -2.32. The van der Waals surface area contributed by atoms with Crippen LogP contribution < -0.4 is 10.5 Å². The molecule has 2 heterocycles. The maximum absolute atomic E-state index is 12.9. The number of hydrogen-bond acceptors (Lipinski definition) is 7. The van der Waals surface area contributed by atoms with Gasteiger partial charge in [-0.3, -0.25) is 4.98 Å². The molecule has 1 aliphatic rings. The number of sulfonamides is 1. The largest absolute Gasteiger partial charge is 0.497 e. The van der Waals surface area contributed by atoms with E-state index in [-0.39, 0.29) is 30.4 Å². The molecule has 2 aromatic rings. The fraction of sp³-hybridized carbons (Fsp3) is 0.333. The first-order valence-corrected chi connectivity index (χ1v) is 8.78. The number of nitrogens with two attached hydrogens (primary N) is 1. The molecule has 9 heteroatoms. The van der Waals surface area contributed by atoms with Gasteiger partial charge in [0, 0.05) is 31.5 Å². The van der Waals surface area contributed by atoms with Crippen LogP contribution in [0.15, 0.2) is 41.6 Å². The van der Waals surface area contributed by atoms with E-state index in [9.17, 15) is 8.42 Å². The Morgan fingerprint density at radius 1 is 1.33 bits per heavy atom. The van der Waals surface area contributed by atoms with E-state index in [4.69, 9.17) is 15.2 Å². The third kappa shape index (κ3) is 3.18. The molecule has 0 spiro atoms. The molecule has 1 saturated heterocycles. The lowest BCUT2D eigenvalue weighted by Crippen LogP contribution is -2.42. The number of rotatable bonds is 4. The van der Waals surface area contributed by atoms with Crippen molar-refractivity contribution < 1.29 is 17.9 Å². The maximum Gasteiger partial charge on any atom is 0.243 e. The molecule has 128 valence electrons. The van der Waals surface area contributed by atoms with Crippen molar-refractivity contribution in [1.29, 1.82) is 0 Å². The van der Waals surface area contributed by atoms with Crippen LogP contribution in [0.2, 0.25) is 0 Å². The van der Waals surface area contributed by atoms with Gasteiger partial charge in [-0.2, -0.15) is 4.31 Å². The van der Waals surface area contributed by atoms with Crippen molar-refractivity contribution in [3.8, 4) is 5.75 Å². The van der Waals surface area contributed by atoms with Crippen LogP contribution in [0.3, 0.4) is 0 Å². The minimum atomic E-state index is -3.66. The van der Waals surface area contributed by atoms with Crippen molar-refractivity contribution in [2.45, 2.75) is 11.0 Å². The highest BCUT2D eigenvalue weighted by Gasteiger charge is 2.33. The van der Waals surface area contributed by atoms with Gasteiger partial charge in [0.1, 0.15) is 23.4 Å². The Kier molecular flexibility index (Phi) is 4.65. The second-order valence-corrected chi connectivity index (χ2v) is 7.17. The number of benzene rings is 1. The Bertz CT molecular complexity index is 828. The average molecular weight is 350 g/mol. The number of morpholine rings is 1. The number of hydrogen-bond donors (Lipinski definition) is 1. The van der Waals surface area contributed by atoms with Crippen LogP contribution in [0.5, 0.6) is 5.75 Å². The molecule has 0 unspecified atom stereocenters. The number of methoxy groups -OCH3 is 1. The topological polar surface area (TPSA) is 108 Å². The summed E-state index contributed by atoms with van der Waals surface area (Å²) in [6, 6.07) is 6.38.